The van der Waals surface area contributed by atoms with Crippen molar-refractivity contribution in [2.24, 2.45) is 0 Å². The molecule has 4 aromatic rings. The zero-order valence-corrected chi connectivity index (χ0v) is 23.0. The smallest absolute Gasteiger partial charge is 0.452 e. The van der Waals surface area contributed by atoms with Crippen molar-refractivity contribution in [2.45, 2.75) is 43.7 Å². The zero-order chi connectivity index (χ0) is 28.6. The second-order valence-electron chi connectivity index (χ2n) is 9.30. The summed E-state index contributed by atoms with van der Waals surface area (Å²) in [7, 11) is 3.03. The molecule has 0 aliphatic carbocycles. The highest BCUT2D eigenvalue weighted by molar-refractivity contribution is 7.11. The van der Waals surface area contributed by atoms with E-state index in [0.717, 1.165) is 15.0 Å². The summed E-state index contributed by atoms with van der Waals surface area (Å²) in [4.78, 5) is 16.2. The van der Waals surface area contributed by atoms with Gasteiger partial charge in [0, 0.05) is 39.9 Å². The molecule has 210 valence electrons. The van der Waals surface area contributed by atoms with E-state index in [1.54, 1.807) is 36.5 Å². The SMILES string of the molecule is COc1cccc([C@H]2C[C@H](Cc3ncc(CCC(=O)O)s3)c3nnc(C(F)(F)F)n3-c3ccc(Cl)cc32)c1OC. The number of fused-ring (bicyclic) bond motifs is 3. The average Bonchev–Trinajstić information content (AvgIpc) is 3.54. The highest BCUT2D eigenvalue weighted by atomic mass is 35.5. The Bertz CT molecular complexity index is 1560. The molecule has 0 saturated heterocycles. The largest absolute Gasteiger partial charge is 0.493 e. The summed E-state index contributed by atoms with van der Waals surface area (Å²) < 4.78 is 54.9. The first-order valence-corrected chi connectivity index (χ1v) is 13.5. The van der Waals surface area contributed by atoms with Gasteiger partial charge in [0.15, 0.2) is 11.5 Å². The predicted molar refractivity (Wildman–Crippen MR) is 142 cm³/mol. The molecule has 0 bridgehead atoms. The molecule has 0 radical (unpaired) electrons. The number of aliphatic carboxylic acids is 1. The number of alkyl halides is 3. The number of carboxylic acids is 1. The number of rotatable bonds is 8. The Morgan fingerprint density at radius 2 is 1.98 bits per heavy atom. The van der Waals surface area contributed by atoms with Crippen molar-refractivity contribution in [3.8, 4) is 17.2 Å². The van der Waals surface area contributed by atoms with Gasteiger partial charge in [0.2, 0.25) is 5.82 Å². The summed E-state index contributed by atoms with van der Waals surface area (Å²) >= 11 is 7.74. The lowest BCUT2D eigenvalue weighted by molar-refractivity contribution is -0.146. The minimum absolute atomic E-state index is 0.0396. The number of carboxylic acid groups (broad SMARTS) is 1. The molecule has 1 aliphatic rings. The molecule has 2 aromatic heterocycles. The number of carbonyl (C=O) groups is 1. The third-order valence-corrected chi connectivity index (χ3v) is 8.16. The number of para-hydroxylation sites is 1. The molecule has 5 rings (SSSR count). The van der Waals surface area contributed by atoms with Crippen molar-refractivity contribution in [2.75, 3.05) is 14.2 Å². The number of benzene rings is 2. The number of ether oxygens (including phenoxy) is 2. The van der Waals surface area contributed by atoms with Gasteiger partial charge < -0.3 is 14.6 Å². The molecular formula is C27H24ClF3N4O4S. The zero-order valence-electron chi connectivity index (χ0n) is 21.4. The number of methoxy groups -OCH3 is 2. The molecule has 13 heteroatoms. The first-order chi connectivity index (χ1) is 19.1. The average molecular weight is 593 g/mol. The number of hydrogen-bond donors (Lipinski definition) is 1. The maximum atomic E-state index is 14.2. The molecular weight excluding hydrogens is 569 g/mol. The molecule has 3 heterocycles. The van der Waals surface area contributed by atoms with Gasteiger partial charge in [-0.05, 0) is 42.7 Å². The van der Waals surface area contributed by atoms with Gasteiger partial charge in [-0.2, -0.15) is 13.2 Å². The van der Waals surface area contributed by atoms with Gasteiger partial charge in [0.05, 0.1) is 31.3 Å². The minimum atomic E-state index is -4.76. The maximum absolute atomic E-state index is 14.2. The van der Waals surface area contributed by atoms with Crippen LogP contribution >= 0.6 is 22.9 Å². The van der Waals surface area contributed by atoms with E-state index in [9.17, 15) is 18.0 Å². The molecule has 2 atom stereocenters. The van der Waals surface area contributed by atoms with Gasteiger partial charge in [-0.15, -0.1) is 21.5 Å². The van der Waals surface area contributed by atoms with Crippen LogP contribution in [0.5, 0.6) is 11.5 Å². The molecule has 1 aliphatic heterocycles. The van der Waals surface area contributed by atoms with Crippen LogP contribution < -0.4 is 9.47 Å². The first-order valence-electron chi connectivity index (χ1n) is 12.3. The fourth-order valence-corrected chi connectivity index (χ4v) is 6.34. The summed E-state index contributed by atoms with van der Waals surface area (Å²) in [5.41, 5.74) is 1.56. The number of aromatic nitrogens is 4. The van der Waals surface area contributed by atoms with Gasteiger partial charge >= 0.3 is 12.1 Å². The number of thiazole rings is 1. The maximum Gasteiger partial charge on any atom is 0.452 e. The Labute approximate surface area is 236 Å². The van der Waals surface area contributed by atoms with Gasteiger partial charge in [0.25, 0.3) is 0 Å². The van der Waals surface area contributed by atoms with E-state index in [2.05, 4.69) is 15.2 Å². The third kappa shape index (κ3) is 5.37. The van der Waals surface area contributed by atoms with Gasteiger partial charge in [-0.1, -0.05) is 23.7 Å². The normalized spacial score (nSPS) is 16.6. The van der Waals surface area contributed by atoms with Crippen LogP contribution in [0, 0.1) is 0 Å². The Kier molecular flexibility index (Phi) is 7.74. The van der Waals surface area contributed by atoms with Crippen molar-refractivity contribution < 1.29 is 32.5 Å². The fourth-order valence-electron chi connectivity index (χ4n) is 5.16. The molecule has 0 saturated carbocycles. The Morgan fingerprint density at radius 1 is 1.18 bits per heavy atom. The summed E-state index contributed by atoms with van der Waals surface area (Å²) in [5.74, 6) is -1.91. The van der Waals surface area contributed by atoms with E-state index in [1.807, 2.05) is 6.07 Å². The Hall–Kier alpha value is -3.64. The predicted octanol–water partition coefficient (Wildman–Crippen LogP) is 6.29. The summed E-state index contributed by atoms with van der Waals surface area (Å²) in [6.07, 6.45) is -2.25. The number of aryl methyl sites for hydroxylation is 1. The van der Waals surface area contributed by atoms with Crippen LogP contribution in [0.15, 0.2) is 42.6 Å². The molecule has 0 amide bonds. The van der Waals surface area contributed by atoms with Crippen LogP contribution in [0.25, 0.3) is 5.69 Å². The Balaban J connectivity index is 1.68. The van der Waals surface area contributed by atoms with Crippen LogP contribution in [-0.2, 0) is 23.8 Å². The Morgan fingerprint density at radius 3 is 2.67 bits per heavy atom. The molecule has 0 unspecified atom stereocenters. The standard InChI is InChI=1S/C27H24ClF3N4O4S/c1-38-21-5-3-4-17(24(21)39-2)18-10-14(11-22-32-13-16(40-22)7-9-23(36)37)25-33-34-26(27(29,30)31)35(25)20-8-6-15(28)12-19(18)20/h3-6,8,12-14,18H,7,9-11H2,1-2H3,(H,36,37)/t14-,18-/m1/s1. The highest BCUT2D eigenvalue weighted by Gasteiger charge is 2.43. The summed E-state index contributed by atoms with van der Waals surface area (Å²) in [6, 6.07) is 10.2. The van der Waals surface area contributed by atoms with Crippen molar-refractivity contribution in [3.63, 3.8) is 0 Å². The second kappa shape index (κ2) is 11.1. The number of halogens is 4. The lowest BCUT2D eigenvalue weighted by Crippen LogP contribution is -2.16. The number of hydrogen-bond acceptors (Lipinski definition) is 7. The topological polar surface area (TPSA) is 99.4 Å². The van der Waals surface area contributed by atoms with Crippen LogP contribution in [0.1, 0.15) is 57.3 Å². The summed E-state index contributed by atoms with van der Waals surface area (Å²) in [5, 5.41) is 17.7. The van der Waals surface area contributed by atoms with E-state index in [1.165, 1.54) is 25.6 Å². The fraction of sp³-hybridized carbons (Fsp3) is 0.333. The molecule has 40 heavy (non-hydrogen) atoms. The summed E-state index contributed by atoms with van der Waals surface area (Å²) in [6.45, 7) is 0. The lowest BCUT2D eigenvalue weighted by atomic mass is 9.82. The third-order valence-electron chi connectivity index (χ3n) is 6.85. The van der Waals surface area contributed by atoms with Gasteiger partial charge in [0.1, 0.15) is 5.82 Å². The molecule has 2 aromatic carbocycles. The lowest BCUT2D eigenvalue weighted by Gasteiger charge is -2.24. The van der Waals surface area contributed by atoms with E-state index < -0.39 is 29.8 Å². The van der Waals surface area contributed by atoms with E-state index >= 15 is 0 Å². The van der Waals surface area contributed by atoms with Gasteiger partial charge in [-0.3, -0.25) is 9.36 Å². The quantitative estimate of drug-likeness (QED) is 0.257. The second-order valence-corrected chi connectivity index (χ2v) is 10.9. The van der Waals surface area contributed by atoms with Crippen LogP contribution in [-0.4, -0.2) is 45.0 Å². The van der Waals surface area contributed by atoms with Crippen LogP contribution in [0.4, 0.5) is 13.2 Å². The van der Waals surface area contributed by atoms with Crippen molar-refractivity contribution in [3.05, 3.63) is 80.3 Å². The van der Waals surface area contributed by atoms with E-state index in [0.29, 0.717) is 39.9 Å². The van der Waals surface area contributed by atoms with Gasteiger partial charge in [-0.25, -0.2) is 4.98 Å². The molecule has 1 N–H and O–H groups in total. The highest BCUT2D eigenvalue weighted by Crippen LogP contribution is 2.49. The van der Waals surface area contributed by atoms with Crippen LogP contribution in [0.3, 0.4) is 0 Å². The molecule has 0 spiro atoms. The van der Waals surface area contributed by atoms with Crippen molar-refractivity contribution in [1.29, 1.82) is 0 Å². The number of nitrogens with zero attached hydrogens (tertiary/aromatic N) is 4. The molecule has 0 fully saturated rings. The van der Waals surface area contributed by atoms with Crippen molar-refractivity contribution in [1.82, 2.24) is 19.7 Å². The van der Waals surface area contributed by atoms with E-state index in [-0.39, 0.29) is 24.4 Å². The monoisotopic (exact) mass is 592 g/mol. The first kappa shape index (κ1) is 27.9. The van der Waals surface area contributed by atoms with Crippen molar-refractivity contribution >= 4 is 28.9 Å². The van der Waals surface area contributed by atoms with Crippen LogP contribution in [0.2, 0.25) is 5.02 Å². The minimum Gasteiger partial charge on any atom is -0.493 e. The van der Waals surface area contributed by atoms with E-state index in [4.69, 9.17) is 26.2 Å². The molecule has 8 nitrogen and oxygen atoms in total.